The molecule has 0 aliphatic heterocycles. The summed E-state index contributed by atoms with van der Waals surface area (Å²) in [6.45, 7) is 13.5. The van der Waals surface area contributed by atoms with Crippen LogP contribution in [0.15, 0.2) is 47.1 Å². The Balaban J connectivity index is 2.93. The molecule has 1 aliphatic carbocycles. The molecule has 0 amide bonds. The highest BCUT2D eigenvalue weighted by atomic mass is 16.5. The molecule has 0 saturated carbocycles. The van der Waals surface area contributed by atoms with Crippen molar-refractivity contribution >= 4 is 5.97 Å². The molecule has 23 heavy (non-hydrogen) atoms. The van der Waals surface area contributed by atoms with Crippen molar-refractivity contribution in [1.29, 1.82) is 0 Å². The van der Waals surface area contributed by atoms with Crippen LogP contribution in [-0.4, -0.2) is 12.6 Å². The van der Waals surface area contributed by atoms with Gasteiger partial charge in [-0.25, -0.2) is 4.79 Å². The first kappa shape index (κ1) is 19.5. The largest absolute Gasteiger partial charge is 0.463 e. The second kappa shape index (κ2) is 8.90. The SMILES string of the molecule is CCOC(=O)\C=C/C=C(/C=C/C1=C(C)CCCC1(C)C)C(C)C. The van der Waals surface area contributed by atoms with E-state index in [-0.39, 0.29) is 11.4 Å². The molecule has 1 rings (SSSR count). The molecule has 0 spiro atoms. The van der Waals surface area contributed by atoms with Crippen LogP contribution in [0.3, 0.4) is 0 Å². The van der Waals surface area contributed by atoms with Gasteiger partial charge < -0.3 is 4.74 Å². The van der Waals surface area contributed by atoms with Gasteiger partial charge in [0.1, 0.15) is 0 Å². The van der Waals surface area contributed by atoms with Crippen molar-refractivity contribution in [1.82, 2.24) is 0 Å². The summed E-state index contributed by atoms with van der Waals surface area (Å²) in [5, 5.41) is 0. The van der Waals surface area contributed by atoms with Gasteiger partial charge in [0.25, 0.3) is 0 Å². The second-order valence-corrected chi connectivity index (χ2v) is 7.20. The van der Waals surface area contributed by atoms with Gasteiger partial charge in [0.15, 0.2) is 0 Å². The predicted molar refractivity (Wildman–Crippen MR) is 98.2 cm³/mol. The maximum absolute atomic E-state index is 11.4. The van der Waals surface area contributed by atoms with E-state index in [4.69, 9.17) is 4.74 Å². The fourth-order valence-corrected chi connectivity index (χ4v) is 3.06. The van der Waals surface area contributed by atoms with Gasteiger partial charge in [-0.1, -0.05) is 57.6 Å². The third-order valence-corrected chi connectivity index (χ3v) is 4.46. The van der Waals surface area contributed by atoms with Crippen LogP contribution < -0.4 is 0 Å². The van der Waals surface area contributed by atoms with Crippen molar-refractivity contribution in [2.45, 2.75) is 60.8 Å². The lowest BCUT2D eigenvalue weighted by molar-refractivity contribution is -0.137. The fraction of sp³-hybridized carbons (Fsp3) is 0.571. The first-order valence-corrected chi connectivity index (χ1v) is 8.71. The first-order chi connectivity index (χ1) is 10.8. The number of carbonyl (C=O) groups excluding carboxylic acids is 1. The molecule has 2 nitrogen and oxygen atoms in total. The Kier molecular flexibility index (Phi) is 7.54. The van der Waals surface area contributed by atoms with Gasteiger partial charge in [-0.05, 0) is 55.6 Å². The summed E-state index contributed by atoms with van der Waals surface area (Å²) < 4.78 is 4.90. The monoisotopic (exact) mass is 316 g/mol. The maximum Gasteiger partial charge on any atom is 0.330 e. The van der Waals surface area contributed by atoms with Crippen molar-refractivity contribution < 1.29 is 9.53 Å². The first-order valence-electron chi connectivity index (χ1n) is 8.71. The molecule has 128 valence electrons. The highest BCUT2D eigenvalue weighted by molar-refractivity contribution is 5.82. The van der Waals surface area contributed by atoms with Crippen LogP contribution in [0.4, 0.5) is 0 Å². The molecule has 0 N–H and O–H groups in total. The van der Waals surface area contributed by atoms with Crippen LogP contribution in [0, 0.1) is 11.3 Å². The van der Waals surface area contributed by atoms with E-state index in [0.717, 1.165) is 0 Å². The van der Waals surface area contributed by atoms with Crippen LogP contribution in [0.1, 0.15) is 60.8 Å². The van der Waals surface area contributed by atoms with Crippen molar-refractivity contribution in [3.63, 3.8) is 0 Å². The molecule has 0 fully saturated rings. The number of esters is 1. The van der Waals surface area contributed by atoms with Gasteiger partial charge in [0, 0.05) is 6.08 Å². The normalized spacial score (nSPS) is 19.2. The summed E-state index contributed by atoms with van der Waals surface area (Å²) in [4.78, 5) is 11.4. The second-order valence-electron chi connectivity index (χ2n) is 7.20. The Morgan fingerprint density at radius 2 is 2.00 bits per heavy atom. The Bertz CT molecular complexity index is 528. The minimum absolute atomic E-state index is 0.252. The molecule has 0 radical (unpaired) electrons. The zero-order valence-corrected chi connectivity index (χ0v) is 15.6. The molecule has 0 saturated heterocycles. The molecule has 0 aromatic carbocycles. The average Bonchev–Trinajstić information content (AvgIpc) is 2.44. The lowest BCUT2D eigenvalue weighted by atomic mass is 9.72. The van der Waals surface area contributed by atoms with Crippen molar-refractivity contribution in [3.8, 4) is 0 Å². The smallest absolute Gasteiger partial charge is 0.330 e. The highest BCUT2D eigenvalue weighted by Crippen LogP contribution is 2.40. The van der Waals surface area contributed by atoms with Crippen molar-refractivity contribution in [2.24, 2.45) is 11.3 Å². The summed E-state index contributed by atoms with van der Waals surface area (Å²) in [5.41, 5.74) is 4.43. The average molecular weight is 316 g/mol. The number of rotatable bonds is 6. The number of hydrogen-bond donors (Lipinski definition) is 0. The summed E-state index contributed by atoms with van der Waals surface area (Å²) in [6, 6.07) is 0. The summed E-state index contributed by atoms with van der Waals surface area (Å²) >= 11 is 0. The van der Waals surface area contributed by atoms with Crippen LogP contribution in [-0.2, 0) is 9.53 Å². The van der Waals surface area contributed by atoms with E-state index in [9.17, 15) is 4.79 Å². The van der Waals surface area contributed by atoms with E-state index in [1.165, 1.54) is 42.1 Å². The van der Waals surface area contributed by atoms with Crippen molar-refractivity contribution in [3.05, 3.63) is 47.1 Å². The Hall–Kier alpha value is -1.57. The van der Waals surface area contributed by atoms with Gasteiger partial charge in [0.2, 0.25) is 0 Å². The van der Waals surface area contributed by atoms with Gasteiger partial charge >= 0.3 is 5.97 Å². The summed E-state index contributed by atoms with van der Waals surface area (Å²) in [5.74, 6) is 0.119. The number of ether oxygens (including phenoxy) is 1. The fourth-order valence-electron chi connectivity index (χ4n) is 3.06. The third kappa shape index (κ3) is 6.21. The van der Waals surface area contributed by atoms with Gasteiger partial charge in [0.05, 0.1) is 6.61 Å². The predicted octanol–water partition coefficient (Wildman–Crippen LogP) is 5.77. The van der Waals surface area contributed by atoms with E-state index in [1.807, 2.05) is 13.0 Å². The standard InChI is InChI=1S/C21H32O2/c1-7-23-20(22)12-8-11-18(16(2)3)13-14-19-17(4)10-9-15-21(19,5)6/h8,11-14,16H,7,9-10,15H2,1-6H3/b12-8-,14-13+,18-11-. The zero-order chi connectivity index (χ0) is 17.5. The summed E-state index contributed by atoms with van der Waals surface area (Å²) in [7, 11) is 0. The van der Waals surface area contributed by atoms with E-state index in [1.54, 1.807) is 6.08 Å². The topological polar surface area (TPSA) is 26.3 Å². The molecule has 0 atom stereocenters. The molecule has 0 aromatic heterocycles. The van der Waals surface area contributed by atoms with Crippen LogP contribution >= 0.6 is 0 Å². The number of allylic oxidation sites excluding steroid dienone is 7. The highest BCUT2D eigenvalue weighted by Gasteiger charge is 2.26. The van der Waals surface area contributed by atoms with Crippen LogP contribution in [0.25, 0.3) is 0 Å². The van der Waals surface area contributed by atoms with Crippen molar-refractivity contribution in [2.75, 3.05) is 6.61 Å². The molecule has 0 unspecified atom stereocenters. The molecule has 0 heterocycles. The number of hydrogen-bond acceptors (Lipinski definition) is 2. The lowest BCUT2D eigenvalue weighted by Gasteiger charge is -2.33. The van der Waals surface area contributed by atoms with Crippen LogP contribution in [0.2, 0.25) is 0 Å². The maximum atomic E-state index is 11.4. The van der Waals surface area contributed by atoms with Gasteiger partial charge in [-0.15, -0.1) is 0 Å². The van der Waals surface area contributed by atoms with Gasteiger partial charge in [-0.2, -0.15) is 0 Å². The Labute approximate surface area is 142 Å². The van der Waals surface area contributed by atoms with E-state index >= 15 is 0 Å². The summed E-state index contributed by atoms with van der Waals surface area (Å²) in [6.07, 6.45) is 13.5. The quantitative estimate of drug-likeness (QED) is 0.353. The molecule has 0 bridgehead atoms. The molecular formula is C21H32O2. The number of carbonyl (C=O) groups is 1. The van der Waals surface area contributed by atoms with E-state index in [0.29, 0.717) is 12.5 Å². The van der Waals surface area contributed by atoms with Crippen LogP contribution in [0.5, 0.6) is 0 Å². The van der Waals surface area contributed by atoms with E-state index < -0.39 is 0 Å². The minimum Gasteiger partial charge on any atom is -0.463 e. The van der Waals surface area contributed by atoms with Gasteiger partial charge in [-0.3, -0.25) is 0 Å². The molecule has 0 aromatic rings. The third-order valence-electron chi connectivity index (χ3n) is 4.46. The molecule has 2 heteroatoms. The Morgan fingerprint density at radius 1 is 1.30 bits per heavy atom. The van der Waals surface area contributed by atoms with E-state index in [2.05, 4.69) is 46.8 Å². The minimum atomic E-state index is -0.289. The molecule has 1 aliphatic rings. The lowest BCUT2D eigenvalue weighted by Crippen LogP contribution is -2.19. The zero-order valence-electron chi connectivity index (χ0n) is 15.6. The molecular weight excluding hydrogens is 284 g/mol. The Morgan fingerprint density at radius 3 is 2.57 bits per heavy atom.